The molecule has 0 aliphatic carbocycles. The van der Waals surface area contributed by atoms with E-state index in [1.807, 2.05) is 48.9 Å². The average molecular weight is 435 g/mol. The number of hydrogen-bond acceptors (Lipinski definition) is 6. The smallest absolute Gasteiger partial charge is 0.339 e. The van der Waals surface area contributed by atoms with Gasteiger partial charge in [-0.05, 0) is 62.2 Å². The van der Waals surface area contributed by atoms with Crippen molar-refractivity contribution in [1.29, 1.82) is 0 Å². The zero-order valence-electron chi connectivity index (χ0n) is 18.5. The van der Waals surface area contributed by atoms with Gasteiger partial charge >= 0.3 is 11.9 Å². The second-order valence-electron chi connectivity index (χ2n) is 7.30. The Morgan fingerprint density at radius 3 is 2.22 bits per heavy atom. The predicted octanol–water partition coefficient (Wildman–Crippen LogP) is 3.63. The Labute approximate surface area is 186 Å². The van der Waals surface area contributed by atoms with Crippen molar-refractivity contribution >= 4 is 23.5 Å². The first-order valence-corrected chi connectivity index (χ1v) is 10.1. The minimum Gasteiger partial charge on any atom is -0.465 e. The molecule has 32 heavy (non-hydrogen) atoms. The van der Waals surface area contributed by atoms with Gasteiger partial charge in [-0.15, -0.1) is 0 Å². The molecule has 1 heterocycles. The summed E-state index contributed by atoms with van der Waals surface area (Å²) in [6.07, 6.45) is 0.704. The van der Waals surface area contributed by atoms with E-state index < -0.39 is 11.9 Å². The zero-order valence-corrected chi connectivity index (χ0v) is 18.5. The van der Waals surface area contributed by atoms with E-state index in [0.29, 0.717) is 6.42 Å². The fourth-order valence-electron chi connectivity index (χ4n) is 3.35. The van der Waals surface area contributed by atoms with E-state index in [4.69, 9.17) is 9.47 Å². The van der Waals surface area contributed by atoms with Crippen LogP contribution in [0, 0.1) is 13.8 Å². The fourth-order valence-corrected chi connectivity index (χ4v) is 3.35. The van der Waals surface area contributed by atoms with Crippen LogP contribution >= 0.6 is 0 Å². The summed E-state index contributed by atoms with van der Waals surface area (Å²) < 4.78 is 11.3. The van der Waals surface area contributed by atoms with Crippen molar-refractivity contribution in [2.45, 2.75) is 26.7 Å². The molecule has 0 bridgehead atoms. The van der Waals surface area contributed by atoms with Gasteiger partial charge in [-0.2, -0.15) is 5.10 Å². The van der Waals surface area contributed by atoms with Gasteiger partial charge in [-0.3, -0.25) is 4.79 Å². The topological polar surface area (TPSA) is 99.5 Å². The SMILES string of the molecule is COC(=O)c1ccc(C(=O)OC)c(NC(=O)CCc2ccc(-n3nc(C)cc3C)cc2)c1. The lowest BCUT2D eigenvalue weighted by Gasteiger charge is -2.12. The number of aryl methyl sites for hydroxylation is 3. The number of nitrogens with zero attached hydrogens (tertiary/aromatic N) is 2. The summed E-state index contributed by atoms with van der Waals surface area (Å²) in [6, 6.07) is 14.1. The molecule has 0 aliphatic rings. The molecule has 0 radical (unpaired) electrons. The first-order valence-electron chi connectivity index (χ1n) is 10.1. The molecule has 0 fully saturated rings. The maximum absolute atomic E-state index is 12.5. The van der Waals surface area contributed by atoms with Gasteiger partial charge in [-0.1, -0.05) is 12.1 Å². The molecule has 0 saturated heterocycles. The van der Waals surface area contributed by atoms with Gasteiger partial charge in [0.2, 0.25) is 5.91 Å². The number of anilines is 1. The third-order valence-corrected chi connectivity index (χ3v) is 4.95. The first-order chi connectivity index (χ1) is 15.3. The summed E-state index contributed by atoms with van der Waals surface area (Å²) in [5.41, 5.74) is 4.51. The Bertz CT molecular complexity index is 1150. The van der Waals surface area contributed by atoms with Crippen LogP contribution in [0.4, 0.5) is 5.69 Å². The number of carbonyl (C=O) groups excluding carboxylic acids is 3. The molecular formula is C24H25N3O5. The second kappa shape index (κ2) is 9.91. The van der Waals surface area contributed by atoms with Crippen molar-refractivity contribution in [2.75, 3.05) is 19.5 Å². The lowest BCUT2D eigenvalue weighted by molar-refractivity contribution is -0.116. The Balaban J connectivity index is 1.68. The molecule has 166 valence electrons. The second-order valence-corrected chi connectivity index (χ2v) is 7.30. The Hall–Kier alpha value is -3.94. The standard InChI is InChI=1S/C24H25N3O5/c1-15-13-16(2)27(26-15)19-9-5-17(6-10-19)7-12-22(28)25-21-14-18(23(29)31-3)8-11-20(21)24(30)32-4/h5-6,8-11,13-14H,7,12H2,1-4H3,(H,25,28). The van der Waals surface area contributed by atoms with E-state index >= 15 is 0 Å². The van der Waals surface area contributed by atoms with Gasteiger partial charge < -0.3 is 14.8 Å². The number of methoxy groups -OCH3 is 2. The molecule has 1 N–H and O–H groups in total. The normalized spacial score (nSPS) is 10.5. The molecular weight excluding hydrogens is 410 g/mol. The molecule has 3 aromatic rings. The average Bonchev–Trinajstić information content (AvgIpc) is 3.14. The lowest BCUT2D eigenvalue weighted by atomic mass is 10.1. The monoisotopic (exact) mass is 435 g/mol. The number of carbonyl (C=O) groups is 3. The molecule has 8 heteroatoms. The van der Waals surface area contributed by atoms with Crippen LogP contribution in [-0.2, 0) is 20.7 Å². The van der Waals surface area contributed by atoms with E-state index in [2.05, 4.69) is 10.4 Å². The van der Waals surface area contributed by atoms with Crippen molar-refractivity contribution in [2.24, 2.45) is 0 Å². The van der Waals surface area contributed by atoms with Crippen LogP contribution in [0.25, 0.3) is 5.69 Å². The van der Waals surface area contributed by atoms with Crippen LogP contribution < -0.4 is 5.32 Å². The highest BCUT2D eigenvalue weighted by atomic mass is 16.5. The third-order valence-electron chi connectivity index (χ3n) is 4.95. The number of aromatic nitrogens is 2. The number of benzene rings is 2. The largest absolute Gasteiger partial charge is 0.465 e. The highest BCUT2D eigenvalue weighted by Crippen LogP contribution is 2.21. The Morgan fingerprint density at radius 2 is 1.62 bits per heavy atom. The summed E-state index contributed by atoms with van der Waals surface area (Å²) >= 11 is 0. The lowest BCUT2D eigenvalue weighted by Crippen LogP contribution is -2.17. The highest BCUT2D eigenvalue weighted by Gasteiger charge is 2.17. The molecule has 2 aromatic carbocycles. The van der Waals surface area contributed by atoms with E-state index in [1.165, 1.54) is 32.4 Å². The highest BCUT2D eigenvalue weighted by molar-refractivity contribution is 6.03. The van der Waals surface area contributed by atoms with Crippen molar-refractivity contribution in [3.8, 4) is 5.69 Å². The van der Waals surface area contributed by atoms with Gasteiger partial charge in [0.1, 0.15) is 0 Å². The number of amides is 1. The van der Waals surface area contributed by atoms with E-state index in [0.717, 1.165) is 22.6 Å². The van der Waals surface area contributed by atoms with Crippen LogP contribution in [0.2, 0.25) is 0 Å². The molecule has 0 atom stereocenters. The Morgan fingerprint density at radius 1 is 0.938 bits per heavy atom. The predicted molar refractivity (Wildman–Crippen MR) is 119 cm³/mol. The summed E-state index contributed by atoms with van der Waals surface area (Å²) in [6.45, 7) is 3.94. The van der Waals surface area contributed by atoms with Crippen LogP contribution in [-0.4, -0.2) is 41.8 Å². The van der Waals surface area contributed by atoms with Gasteiger partial charge in [-0.25, -0.2) is 14.3 Å². The minimum atomic E-state index is -0.614. The van der Waals surface area contributed by atoms with Crippen molar-refractivity contribution in [3.05, 3.63) is 76.6 Å². The number of esters is 2. The maximum atomic E-state index is 12.5. The Kier molecular flexibility index (Phi) is 7.04. The van der Waals surface area contributed by atoms with Crippen LogP contribution in [0.5, 0.6) is 0 Å². The van der Waals surface area contributed by atoms with E-state index in [-0.39, 0.29) is 29.1 Å². The van der Waals surface area contributed by atoms with Gasteiger partial charge in [0.15, 0.2) is 0 Å². The van der Waals surface area contributed by atoms with Crippen LogP contribution in [0.3, 0.4) is 0 Å². The van der Waals surface area contributed by atoms with E-state index in [9.17, 15) is 14.4 Å². The number of hydrogen-bond donors (Lipinski definition) is 1. The van der Waals surface area contributed by atoms with Gasteiger partial charge in [0, 0.05) is 12.1 Å². The quantitative estimate of drug-likeness (QED) is 0.569. The van der Waals surface area contributed by atoms with Crippen LogP contribution in [0.15, 0.2) is 48.5 Å². The van der Waals surface area contributed by atoms with E-state index in [1.54, 1.807) is 0 Å². The van der Waals surface area contributed by atoms with Gasteiger partial charge in [0.25, 0.3) is 0 Å². The van der Waals surface area contributed by atoms with Crippen LogP contribution in [0.1, 0.15) is 44.1 Å². The molecule has 0 unspecified atom stereocenters. The first kappa shape index (κ1) is 22.7. The molecule has 0 saturated carbocycles. The third kappa shape index (κ3) is 5.21. The number of rotatable bonds is 7. The molecule has 0 spiro atoms. The zero-order chi connectivity index (χ0) is 23.3. The molecule has 1 aromatic heterocycles. The molecule has 0 aliphatic heterocycles. The number of nitrogens with one attached hydrogen (secondary N) is 1. The fraction of sp³-hybridized carbons (Fsp3) is 0.250. The molecule has 8 nitrogen and oxygen atoms in total. The van der Waals surface area contributed by atoms with Crippen molar-refractivity contribution in [1.82, 2.24) is 9.78 Å². The summed E-state index contributed by atoms with van der Waals surface area (Å²) in [4.78, 5) is 36.4. The summed E-state index contributed by atoms with van der Waals surface area (Å²) in [5, 5.41) is 7.17. The minimum absolute atomic E-state index is 0.155. The molecule has 1 amide bonds. The summed E-state index contributed by atoms with van der Waals surface area (Å²) in [7, 11) is 2.51. The van der Waals surface area contributed by atoms with Crippen molar-refractivity contribution in [3.63, 3.8) is 0 Å². The summed E-state index contributed by atoms with van der Waals surface area (Å²) in [5.74, 6) is -1.48. The number of ether oxygens (including phenoxy) is 2. The van der Waals surface area contributed by atoms with Gasteiger partial charge in [0.05, 0.1) is 42.4 Å². The molecule has 3 rings (SSSR count). The maximum Gasteiger partial charge on any atom is 0.339 e. The van der Waals surface area contributed by atoms with Crippen molar-refractivity contribution < 1.29 is 23.9 Å².